The highest BCUT2D eigenvalue weighted by Gasteiger charge is 2.41. The maximum atomic E-state index is 6.18. The van der Waals surface area contributed by atoms with Crippen molar-refractivity contribution in [1.29, 1.82) is 0 Å². The lowest BCUT2D eigenvalue weighted by molar-refractivity contribution is 0.669. The number of fused-ring (bicyclic) bond motifs is 4. The summed E-state index contributed by atoms with van der Waals surface area (Å²) >= 11 is 0. The summed E-state index contributed by atoms with van der Waals surface area (Å²) in [6, 6.07) is 70.9. The van der Waals surface area contributed by atoms with Crippen LogP contribution in [0.1, 0.15) is 0 Å². The van der Waals surface area contributed by atoms with Gasteiger partial charge in [-0.3, -0.25) is 0 Å². The molecule has 0 bridgehead atoms. The average molecular weight is 708 g/mol. The van der Waals surface area contributed by atoms with Crippen molar-refractivity contribution >= 4 is 61.5 Å². The summed E-state index contributed by atoms with van der Waals surface area (Å²) in [7, 11) is -2.78. The van der Waals surface area contributed by atoms with Gasteiger partial charge in [-0.1, -0.05) is 170 Å². The second kappa shape index (κ2) is 13.2. The number of hydrogen-bond acceptors (Lipinski definition) is 4. The van der Waals surface area contributed by atoms with E-state index < -0.39 is 8.07 Å². The van der Waals surface area contributed by atoms with Gasteiger partial charge in [0.15, 0.2) is 25.5 Å². The Bertz CT molecular complexity index is 2850. The molecule has 0 aliphatic rings. The van der Waals surface area contributed by atoms with E-state index in [1.165, 1.54) is 26.1 Å². The van der Waals surface area contributed by atoms with E-state index in [0.29, 0.717) is 17.5 Å². The molecule has 0 N–H and O–H groups in total. The van der Waals surface area contributed by atoms with Crippen LogP contribution in [-0.2, 0) is 0 Å². The molecule has 0 saturated carbocycles. The van der Waals surface area contributed by atoms with Crippen molar-refractivity contribution in [1.82, 2.24) is 15.0 Å². The first kappa shape index (κ1) is 31.8. The number of nitrogens with zero attached hydrogens (tertiary/aromatic N) is 3. The Morgan fingerprint density at radius 1 is 0.315 bits per heavy atom. The molecule has 8 aromatic carbocycles. The van der Waals surface area contributed by atoms with Crippen molar-refractivity contribution in [3.8, 4) is 34.2 Å². The number of aromatic nitrogens is 3. The molecule has 0 saturated heterocycles. The molecule has 0 radical (unpaired) electrons. The van der Waals surface area contributed by atoms with Crippen molar-refractivity contribution in [3.63, 3.8) is 0 Å². The monoisotopic (exact) mass is 707 g/mol. The van der Waals surface area contributed by atoms with Crippen LogP contribution in [0.4, 0.5) is 0 Å². The van der Waals surface area contributed by atoms with Gasteiger partial charge in [-0.05, 0) is 61.9 Å². The van der Waals surface area contributed by atoms with E-state index in [-0.39, 0.29) is 0 Å². The van der Waals surface area contributed by atoms with Gasteiger partial charge in [-0.15, -0.1) is 0 Å². The summed E-state index contributed by atoms with van der Waals surface area (Å²) in [5, 5.41) is 9.60. The minimum Gasteiger partial charge on any atom is -0.456 e. The van der Waals surface area contributed by atoms with Gasteiger partial charge >= 0.3 is 0 Å². The number of para-hydroxylation sites is 1. The topological polar surface area (TPSA) is 51.8 Å². The van der Waals surface area contributed by atoms with Gasteiger partial charge in [0, 0.05) is 27.5 Å². The SMILES string of the molecule is c1ccc([Si](c2ccccc2)(c2ccccc2)c2cccc(-c3nc(-c4ccc5ccccc5c4)nc(-c4ccc5oc6ccccc6c5c4)n3)c2)cc1. The van der Waals surface area contributed by atoms with Gasteiger partial charge in [0.1, 0.15) is 11.2 Å². The van der Waals surface area contributed by atoms with Gasteiger partial charge in [0.05, 0.1) is 0 Å². The van der Waals surface area contributed by atoms with Gasteiger partial charge in [0.2, 0.25) is 0 Å². The second-order valence-corrected chi connectivity index (χ2v) is 17.4. The van der Waals surface area contributed by atoms with Crippen LogP contribution >= 0.6 is 0 Å². The molecule has 0 aliphatic heterocycles. The third-order valence-corrected chi connectivity index (χ3v) is 15.2. The van der Waals surface area contributed by atoms with Crippen LogP contribution in [0, 0.1) is 0 Å². The van der Waals surface area contributed by atoms with Gasteiger partial charge < -0.3 is 4.42 Å². The number of furan rings is 1. The van der Waals surface area contributed by atoms with Crippen LogP contribution in [0.25, 0.3) is 66.9 Å². The van der Waals surface area contributed by atoms with Crippen LogP contribution in [0.5, 0.6) is 0 Å². The molecule has 0 fully saturated rings. The first-order valence-corrected chi connectivity index (χ1v) is 20.2. The fraction of sp³-hybridized carbons (Fsp3) is 0. The minimum absolute atomic E-state index is 0.610. The van der Waals surface area contributed by atoms with Crippen molar-refractivity contribution < 1.29 is 4.42 Å². The Labute approximate surface area is 314 Å². The van der Waals surface area contributed by atoms with Crippen molar-refractivity contribution in [2.24, 2.45) is 0 Å². The van der Waals surface area contributed by atoms with Gasteiger partial charge in [0.25, 0.3) is 0 Å². The fourth-order valence-electron chi connectivity index (χ4n) is 7.91. The number of rotatable bonds is 7. The smallest absolute Gasteiger partial charge is 0.179 e. The second-order valence-electron chi connectivity index (χ2n) is 13.6. The van der Waals surface area contributed by atoms with E-state index in [0.717, 1.165) is 44.0 Å². The van der Waals surface area contributed by atoms with Crippen LogP contribution in [0.15, 0.2) is 205 Å². The van der Waals surface area contributed by atoms with E-state index in [9.17, 15) is 0 Å². The fourth-order valence-corrected chi connectivity index (χ4v) is 12.7. The first-order chi connectivity index (χ1) is 26.7. The molecule has 2 aromatic heterocycles. The number of benzene rings is 8. The lowest BCUT2D eigenvalue weighted by atomic mass is 10.1. The molecule has 10 aromatic rings. The summed E-state index contributed by atoms with van der Waals surface area (Å²) in [4.78, 5) is 15.6. The van der Waals surface area contributed by atoms with Crippen molar-refractivity contribution in [3.05, 3.63) is 200 Å². The maximum Gasteiger partial charge on any atom is 0.179 e. The minimum atomic E-state index is -2.78. The Balaban J connectivity index is 1.21. The molecule has 0 amide bonds. The Kier molecular flexibility index (Phi) is 7.78. The maximum absolute atomic E-state index is 6.18. The summed E-state index contributed by atoms with van der Waals surface area (Å²) in [6.45, 7) is 0. The highest BCUT2D eigenvalue weighted by Crippen LogP contribution is 2.33. The third-order valence-electron chi connectivity index (χ3n) is 10.5. The Morgan fingerprint density at radius 2 is 0.796 bits per heavy atom. The van der Waals surface area contributed by atoms with E-state index in [1.54, 1.807) is 0 Å². The van der Waals surface area contributed by atoms with Crippen LogP contribution in [0.3, 0.4) is 0 Å². The van der Waals surface area contributed by atoms with Crippen LogP contribution in [-0.4, -0.2) is 23.0 Å². The molecule has 0 spiro atoms. The molecule has 0 atom stereocenters. The molecule has 4 nitrogen and oxygen atoms in total. The van der Waals surface area contributed by atoms with Gasteiger partial charge in [-0.25, -0.2) is 15.0 Å². The van der Waals surface area contributed by atoms with Crippen molar-refractivity contribution in [2.75, 3.05) is 0 Å². The first-order valence-electron chi connectivity index (χ1n) is 18.2. The summed E-state index contributed by atoms with van der Waals surface area (Å²) in [6.07, 6.45) is 0. The van der Waals surface area contributed by atoms with E-state index in [4.69, 9.17) is 19.4 Å². The predicted octanol–water partition coefficient (Wildman–Crippen LogP) is 9.30. The Hall–Kier alpha value is -6.95. The van der Waals surface area contributed by atoms with E-state index >= 15 is 0 Å². The average Bonchev–Trinajstić information content (AvgIpc) is 3.63. The summed E-state index contributed by atoms with van der Waals surface area (Å²) in [5.74, 6) is 1.86. The third kappa shape index (κ3) is 5.41. The zero-order valence-corrected chi connectivity index (χ0v) is 30.3. The molecule has 54 heavy (non-hydrogen) atoms. The zero-order valence-electron chi connectivity index (χ0n) is 29.3. The quantitative estimate of drug-likeness (QED) is 0.122. The van der Waals surface area contributed by atoms with Gasteiger partial charge in [-0.2, -0.15) is 0 Å². The standard InChI is InChI=1S/C49H33N3OSi/c1-4-18-39(19-5-1)54(40-20-6-2-7-21-40,41-22-8-3-9-23-41)42-24-14-17-36(32-42)47-50-48(37-28-27-34-15-10-11-16-35(34)31-37)52-49(51-47)38-29-30-46-44(33-38)43-25-12-13-26-45(43)53-46/h1-33H. The molecule has 5 heteroatoms. The molecule has 2 heterocycles. The summed E-state index contributed by atoms with van der Waals surface area (Å²) < 4.78 is 6.18. The molecule has 10 rings (SSSR count). The van der Waals surface area contributed by atoms with Crippen molar-refractivity contribution in [2.45, 2.75) is 0 Å². The summed E-state index contributed by atoms with van der Waals surface area (Å²) in [5.41, 5.74) is 4.47. The number of hydrogen-bond donors (Lipinski definition) is 0. The van der Waals surface area contributed by atoms with Crippen LogP contribution < -0.4 is 20.7 Å². The normalized spacial score (nSPS) is 11.7. The largest absolute Gasteiger partial charge is 0.456 e. The lowest BCUT2D eigenvalue weighted by Gasteiger charge is -2.34. The zero-order chi connectivity index (χ0) is 35.9. The highest BCUT2D eigenvalue weighted by molar-refractivity contribution is 7.19. The molecule has 0 aliphatic carbocycles. The van der Waals surface area contributed by atoms with E-state index in [1.807, 2.05) is 30.3 Å². The lowest BCUT2D eigenvalue weighted by Crippen LogP contribution is -2.74. The predicted molar refractivity (Wildman–Crippen MR) is 225 cm³/mol. The Morgan fingerprint density at radius 3 is 1.44 bits per heavy atom. The molecule has 0 unspecified atom stereocenters. The molecular formula is C49H33N3OSi. The molecule has 254 valence electrons. The highest BCUT2D eigenvalue weighted by atomic mass is 28.3. The molecular weight excluding hydrogens is 675 g/mol. The van der Waals surface area contributed by atoms with Crippen LogP contribution in [0.2, 0.25) is 0 Å². The van der Waals surface area contributed by atoms with E-state index in [2.05, 4.69) is 170 Å².